The van der Waals surface area contributed by atoms with Gasteiger partial charge in [0, 0.05) is 19.6 Å². The van der Waals surface area contributed by atoms with Gasteiger partial charge in [-0.05, 0) is 38.0 Å². The molecule has 2 aliphatic rings. The molecular weight excluding hydrogens is 244 g/mol. The number of hydrogen-bond donors (Lipinski definition) is 2. The van der Waals surface area contributed by atoms with E-state index in [1.807, 2.05) is 11.8 Å². The molecule has 0 radical (unpaired) electrons. The lowest BCUT2D eigenvalue weighted by atomic mass is 9.88. The molecule has 1 aliphatic heterocycles. The monoisotopic (exact) mass is 268 g/mol. The number of aliphatic carboxylic acids is 1. The van der Waals surface area contributed by atoms with Crippen LogP contribution in [-0.4, -0.2) is 41.6 Å². The normalized spacial score (nSPS) is 28.8. The second-order valence-electron chi connectivity index (χ2n) is 6.23. The molecule has 0 aromatic heterocycles. The van der Waals surface area contributed by atoms with Crippen molar-refractivity contribution in [3.63, 3.8) is 0 Å². The Labute approximate surface area is 114 Å². The van der Waals surface area contributed by atoms with Crippen LogP contribution in [0.5, 0.6) is 0 Å². The average molecular weight is 268 g/mol. The minimum atomic E-state index is -0.870. The van der Waals surface area contributed by atoms with Gasteiger partial charge in [-0.1, -0.05) is 13.3 Å². The highest BCUT2D eigenvalue weighted by atomic mass is 16.4. The van der Waals surface area contributed by atoms with E-state index in [0.29, 0.717) is 18.3 Å². The summed E-state index contributed by atoms with van der Waals surface area (Å²) in [7, 11) is 0. The minimum Gasteiger partial charge on any atom is -0.481 e. The fourth-order valence-corrected chi connectivity index (χ4v) is 3.14. The van der Waals surface area contributed by atoms with Gasteiger partial charge < -0.3 is 15.3 Å². The van der Waals surface area contributed by atoms with Gasteiger partial charge in [0.1, 0.15) is 0 Å². The molecule has 0 aromatic rings. The summed E-state index contributed by atoms with van der Waals surface area (Å²) in [6.07, 6.45) is 4.26. The van der Waals surface area contributed by atoms with Crippen molar-refractivity contribution in [1.82, 2.24) is 10.2 Å². The Morgan fingerprint density at radius 3 is 2.37 bits per heavy atom. The summed E-state index contributed by atoms with van der Waals surface area (Å²) < 4.78 is 0. The highest BCUT2D eigenvalue weighted by molar-refractivity contribution is 5.78. The van der Waals surface area contributed by atoms with E-state index in [4.69, 9.17) is 0 Å². The molecule has 1 saturated carbocycles. The Bertz CT molecular complexity index is 360. The number of hydrogen-bond acceptors (Lipinski definition) is 2. The molecule has 3 atom stereocenters. The number of fused-ring (bicyclic) bond motifs is 1. The number of nitrogens with one attached hydrogen (secondary N) is 1. The van der Waals surface area contributed by atoms with Crippen LogP contribution < -0.4 is 5.32 Å². The lowest BCUT2D eigenvalue weighted by molar-refractivity contribution is -0.147. The van der Waals surface area contributed by atoms with Crippen molar-refractivity contribution >= 4 is 12.0 Å². The maximum atomic E-state index is 12.1. The molecule has 2 amide bonds. The molecule has 1 aliphatic carbocycles. The Balaban J connectivity index is 1.83. The van der Waals surface area contributed by atoms with Gasteiger partial charge in [-0.3, -0.25) is 4.79 Å². The summed E-state index contributed by atoms with van der Waals surface area (Å²) in [6, 6.07) is -0.102. The number of carboxylic acid groups (broad SMARTS) is 1. The van der Waals surface area contributed by atoms with Gasteiger partial charge in [0.05, 0.1) is 5.41 Å². The molecular formula is C14H24N2O3. The van der Waals surface area contributed by atoms with Crippen molar-refractivity contribution in [2.75, 3.05) is 19.6 Å². The van der Waals surface area contributed by atoms with Gasteiger partial charge >= 0.3 is 12.0 Å². The molecule has 19 heavy (non-hydrogen) atoms. The van der Waals surface area contributed by atoms with E-state index in [-0.39, 0.29) is 12.6 Å². The van der Waals surface area contributed by atoms with Gasteiger partial charge in [0.2, 0.25) is 0 Å². The van der Waals surface area contributed by atoms with Crippen LogP contribution in [0, 0.1) is 17.3 Å². The van der Waals surface area contributed by atoms with Gasteiger partial charge in [-0.15, -0.1) is 0 Å². The molecule has 0 spiro atoms. The Morgan fingerprint density at radius 1 is 1.32 bits per heavy atom. The highest BCUT2D eigenvalue weighted by Crippen LogP contribution is 2.37. The first-order valence-corrected chi connectivity index (χ1v) is 7.22. The summed E-state index contributed by atoms with van der Waals surface area (Å²) in [5.74, 6) is 0.485. The molecule has 0 bridgehead atoms. The number of carbonyl (C=O) groups is 2. The van der Waals surface area contributed by atoms with E-state index in [9.17, 15) is 14.7 Å². The number of carboxylic acids is 1. The van der Waals surface area contributed by atoms with Crippen molar-refractivity contribution in [2.24, 2.45) is 17.3 Å². The average Bonchev–Trinajstić information content (AvgIpc) is 2.95. The zero-order chi connectivity index (χ0) is 14.0. The summed E-state index contributed by atoms with van der Waals surface area (Å²) >= 11 is 0. The SMILES string of the molecule is CCC(C)(CNC(=O)N1CC2CCCC2C1)C(=O)O. The molecule has 5 nitrogen and oxygen atoms in total. The predicted molar refractivity (Wildman–Crippen MR) is 71.8 cm³/mol. The maximum Gasteiger partial charge on any atom is 0.317 e. The van der Waals surface area contributed by atoms with E-state index in [1.165, 1.54) is 19.3 Å². The topological polar surface area (TPSA) is 69.6 Å². The van der Waals surface area contributed by atoms with E-state index < -0.39 is 11.4 Å². The van der Waals surface area contributed by atoms with Crippen molar-refractivity contribution in [3.8, 4) is 0 Å². The number of rotatable bonds is 4. The van der Waals surface area contributed by atoms with Gasteiger partial charge in [-0.2, -0.15) is 0 Å². The zero-order valence-corrected chi connectivity index (χ0v) is 11.8. The van der Waals surface area contributed by atoms with Crippen LogP contribution in [0.2, 0.25) is 0 Å². The summed E-state index contributed by atoms with van der Waals surface area (Å²) in [6.45, 7) is 5.39. The first-order chi connectivity index (χ1) is 8.96. The van der Waals surface area contributed by atoms with E-state index in [2.05, 4.69) is 5.32 Å². The van der Waals surface area contributed by atoms with Crippen LogP contribution in [0.4, 0.5) is 4.79 Å². The second-order valence-corrected chi connectivity index (χ2v) is 6.23. The fraction of sp³-hybridized carbons (Fsp3) is 0.857. The first-order valence-electron chi connectivity index (χ1n) is 7.22. The predicted octanol–water partition coefficient (Wildman–Crippen LogP) is 1.93. The van der Waals surface area contributed by atoms with Crippen molar-refractivity contribution in [3.05, 3.63) is 0 Å². The third-order valence-corrected chi connectivity index (χ3v) is 4.94. The maximum absolute atomic E-state index is 12.1. The molecule has 5 heteroatoms. The Morgan fingerprint density at radius 2 is 1.89 bits per heavy atom. The van der Waals surface area contributed by atoms with Gasteiger partial charge in [0.15, 0.2) is 0 Å². The molecule has 1 heterocycles. The van der Waals surface area contributed by atoms with Crippen LogP contribution in [0.1, 0.15) is 39.5 Å². The van der Waals surface area contributed by atoms with E-state index in [0.717, 1.165) is 13.1 Å². The third kappa shape index (κ3) is 2.85. The summed E-state index contributed by atoms with van der Waals surface area (Å²) in [5, 5.41) is 12.0. The fourth-order valence-electron chi connectivity index (χ4n) is 3.14. The first kappa shape index (κ1) is 14.2. The Hall–Kier alpha value is -1.26. The smallest absolute Gasteiger partial charge is 0.317 e. The molecule has 0 aromatic carbocycles. The molecule has 108 valence electrons. The van der Waals surface area contributed by atoms with Crippen LogP contribution in [0.3, 0.4) is 0 Å². The van der Waals surface area contributed by atoms with Crippen LogP contribution in [0.25, 0.3) is 0 Å². The standard InChI is InChI=1S/C14H24N2O3/c1-3-14(2,12(17)18)9-15-13(19)16-7-10-5-4-6-11(10)8-16/h10-11H,3-9H2,1-2H3,(H,15,19)(H,17,18). The van der Waals surface area contributed by atoms with E-state index >= 15 is 0 Å². The third-order valence-electron chi connectivity index (χ3n) is 4.94. The van der Waals surface area contributed by atoms with Crippen molar-refractivity contribution in [2.45, 2.75) is 39.5 Å². The quantitative estimate of drug-likeness (QED) is 0.818. The van der Waals surface area contributed by atoms with Crippen molar-refractivity contribution < 1.29 is 14.7 Å². The van der Waals surface area contributed by atoms with Crippen LogP contribution >= 0.6 is 0 Å². The van der Waals surface area contributed by atoms with E-state index in [1.54, 1.807) is 6.92 Å². The number of urea groups is 1. The zero-order valence-electron chi connectivity index (χ0n) is 11.8. The van der Waals surface area contributed by atoms with Crippen LogP contribution in [0.15, 0.2) is 0 Å². The lowest BCUT2D eigenvalue weighted by Crippen LogP contribution is -2.46. The summed E-state index contributed by atoms with van der Waals surface area (Å²) in [4.78, 5) is 25.1. The minimum absolute atomic E-state index is 0.102. The molecule has 2 rings (SSSR count). The number of likely N-dealkylation sites (tertiary alicyclic amines) is 1. The lowest BCUT2D eigenvalue weighted by Gasteiger charge is -2.25. The van der Waals surface area contributed by atoms with Gasteiger partial charge in [0.25, 0.3) is 0 Å². The number of nitrogens with zero attached hydrogens (tertiary/aromatic N) is 1. The summed E-state index contributed by atoms with van der Waals surface area (Å²) in [5.41, 5.74) is -0.870. The second kappa shape index (κ2) is 5.39. The molecule has 2 fully saturated rings. The number of amides is 2. The molecule has 1 saturated heterocycles. The molecule has 2 N–H and O–H groups in total. The van der Waals surface area contributed by atoms with Crippen LogP contribution in [-0.2, 0) is 4.79 Å². The van der Waals surface area contributed by atoms with Crippen molar-refractivity contribution in [1.29, 1.82) is 0 Å². The largest absolute Gasteiger partial charge is 0.481 e. The highest BCUT2D eigenvalue weighted by Gasteiger charge is 2.39. The van der Waals surface area contributed by atoms with Gasteiger partial charge in [-0.25, -0.2) is 4.79 Å². The number of carbonyl (C=O) groups excluding carboxylic acids is 1. The molecule has 3 unspecified atom stereocenters. The Kier molecular flexibility index (Phi) is 4.02.